The maximum Gasteiger partial charge on any atom is 0.138 e. The molecule has 0 saturated heterocycles. The summed E-state index contributed by atoms with van der Waals surface area (Å²) < 4.78 is 11.1. The molecule has 0 aliphatic rings. The van der Waals surface area contributed by atoms with Gasteiger partial charge in [0.2, 0.25) is 0 Å². The van der Waals surface area contributed by atoms with Crippen molar-refractivity contribution in [2.24, 2.45) is 0 Å². The first-order valence-electron chi connectivity index (χ1n) is 6.67. The molecule has 1 heterocycles. The van der Waals surface area contributed by atoms with Gasteiger partial charge in [-0.05, 0) is 35.9 Å². The van der Waals surface area contributed by atoms with E-state index in [1.165, 1.54) is 0 Å². The highest BCUT2D eigenvalue weighted by molar-refractivity contribution is 5.93. The van der Waals surface area contributed by atoms with E-state index in [0.29, 0.717) is 12.3 Å². The van der Waals surface area contributed by atoms with Crippen LogP contribution in [0.5, 0.6) is 11.5 Å². The van der Waals surface area contributed by atoms with Crippen LogP contribution in [0.1, 0.15) is 5.56 Å². The second-order valence-electron chi connectivity index (χ2n) is 4.73. The molecule has 4 nitrogen and oxygen atoms in total. The van der Waals surface area contributed by atoms with Crippen molar-refractivity contribution in [1.82, 2.24) is 4.98 Å². The fourth-order valence-electron chi connectivity index (χ4n) is 2.25. The molecule has 2 N–H and O–H groups in total. The van der Waals surface area contributed by atoms with Gasteiger partial charge in [0.25, 0.3) is 0 Å². The van der Waals surface area contributed by atoms with E-state index >= 15 is 0 Å². The average molecular weight is 280 g/mol. The Balaban J connectivity index is 1.98. The van der Waals surface area contributed by atoms with Crippen LogP contribution in [0.3, 0.4) is 0 Å². The van der Waals surface area contributed by atoms with E-state index in [4.69, 9.17) is 15.2 Å². The first-order valence-corrected chi connectivity index (χ1v) is 6.67. The van der Waals surface area contributed by atoms with Gasteiger partial charge in [0, 0.05) is 18.7 Å². The van der Waals surface area contributed by atoms with Crippen LogP contribution >= 0.6 is 0 Å². The monoisotopic (exact) mass is 280 g/mol. The molecule has 0 atom stereocenters. The minimum Gasteiger partial charge on any atom is -0.457 e. The van der Waals surface area contributed by atoms with E-state index in [0.717, 1.165) is 28.0 Å². The first kappa shape index (κ1) is 13.4. The van der Waals surface area contributed by atoms with Gasteiger partial charge in [-0.2, -0.15) is 0 Å². The number of benzene rings is 2. The predicted molar refractivity (Wildman–Crippen MR) is 83.4 cm³/mol. The van der Waals surface area contributed by atoms with Gasteiger partial charge in [0.15, 0.2) is 0 Å². The lowest BCUT2D eigenvalue weighted by Crippen LogP contribution is -1.93. The summed E-state index contributed by atoms with van der Waals surface area (Å²) in [5.41, 5.74) is 8.41. The van der Waals surface area contributed by atoms with Crippen LogP contribution in [0, 0.1) is 0 Å². The topological polar surface area (TPSA) is 57.4 Å². The number of anilines is 1. The number of ether oxygens (including phenoxy) is 2. The fraction of sp³-hybridized carbons (Fsp3) is 0.118. The third kappa shape index (κ3) is 2.80. The second kappa shape index (κ2) is 5.81. The molecule has 2 aromatic carbocycles. The molecule has 0 aliphatic heterocycles. The van der Waals surface area contributed by atoms with Crippen molar-refractivity contribution >= 4 is 16.6 Å². The van der Waals surface area contributed by atoms with Gasteiger partial charge in [0.05, 0.1) is 17.8 Å². The molecule has 0 spiro atoms. The molecule has 0 bridgehead atoms. The van der Waals surface area contributed by atoms with Crippen molar-refractivity contribution in [3.05, 3.63) is 60.3 Å². The molecule has 4 heteroatoms. The van der Waals surface area contributed by atoms with E-state index in [9.17, 15) is 0 Å². The summed E-state index contributed by atoms with van der Waals surface area (Å²) in [5, 5.41) is 0.898. The Labute approximate surface area is 123 Å². The number of hydrogen-bond acceptors (Lipinski definition) is 4. The number of nitrogens with zero attached hydrogens (tertiary/aromatic N) is 1. The number of aromatic nitrogens is 1. The summed E-state index contributed by atoms with van der Waals surface area (Å²) in [6.07, 6.45) is 1.70. The Morgan fingerprint density at radius 3 is 2.81 bits per heavy atom. The standard InChI is InChI=1S/C17H16N2O2/c1-20-11-12-4-2-5-13(10-12)21-16-8-9-19-17-14(16)6-3-7-15(17)18/h2-10H,11,18H2,1H3. The molecule has 1 aromatic heterocycles. The minimum absolute atomic E-state index is 0.557. The van der Waals surface area contributed by atoms with E-state index in [1.807, 2.05) is 48.5 Å². The highest BCUT2D eigenvalue weighted by Crippen LogP contribution is 2.31. The van der Waals surface area contributed by atoms with Crippen LogP contribution in [-0.4, -0.2) is 12.1 Å². The molecule has 21 heavy (non-hydrogen) atoms. The van der Waals surface area contributed by atoms with E-state index < -0.39 is 0 Å². The van der Waals surface area contributed by atoms with Gasteiger partial charge in [0.1, 0.15) is 11.5 Å². The number of methoxy groups -OCH3 is 1. The zero-order valence-corrected chi connectivity index (χ0v) is 11.7. The molecule has 3 rings (SSSR count). The summed E-state index contributed by atoms with van der Waals surface area (Å²) in [7, 11) is 1.67. The van der Waals surface area contributed by atoms with Crippen molar-refractivity contribution in [1.29, 1.82) is 0 Å². The zero-order chi connectivity index (χ0) is 14.7. The fourth-order valence-corrected chi connectivity index (χ4v) is 2.25. The van der Waals surface area contributed by atoms with E-state index in [2.05, 4.69) is 4.98 Å². The number of nitrogen functional groups attached to an aromatic ring is 1. The molecule has 0 unspecified atom stereocenters. The minimum atomic E-state index is 0.557. The summed E-state index contributed by atoms with van der Waals surface area (Å²) in [5.74, 6) is 1.50. The van der Waals surface area contributed by atoms with Crippen LogP contribution in [0.4, 0.5) is 5.69 Å². The maximum atomic E-state index is 5.98. The Morgan fingerprint density at radius 2 is 1.95 bits per heavy atom. The summed E-state index contributed by atoms with van der Waals surface area (Å²) in [4.78, 5) is 4.31. The van der Waals surface area contributed by atoms with Crippen LogP contribution < -0.4 is 10.5 Å². The van der Waals surface area contributed by atoms with Crippen LogP contribution in [-0.2, 0) is 11.3 Å². The molecule has 0 amide bonds. The first-order chi connectivity index (χ1) is 10.3. The van der Waals surface area contributed by atoms with Crippen LogP contribution in [0.25, 0.3) is 10.9 Å². The highest BCUT2D eigenvalue weighted by Gasteiger charge is 2.06. The number of para-hydroxylation sites is 1. The zero-order valence-electron chi connectivity index (χ0n) is 11.7. The molecular weight excluding hydrogens is 264 g/mol. The van der Waals surface area contributed by atoms with Crippen LogP contribution in [0.15, 0.2) is 54.7 Å². The Kier molecular flexibility index (Phi) is 3.71. The van der Waals surface area contributed by atoms with Crippen molar-refractivity contribution in [3.8, 4) is 11.5 Å². The van der Waals surface area contributed by atoms with Crippen molar-refractivity contribution in [2.75, 3.05) is 12.8 Å². The van der Waals surface area contributed by atoms with Gasteiger partial charge in [-0.3, -0.25) is 4.98 Å². The molecule has 3 aromatic rings. The molecule has 0 aliphatic carbocycles. The lowest BCUT2D eigenvalue weighted by atomic mass is 10.2. The SMILES string of the molecule is COCc1cccc(Oc2ccnc3c(N)cccc23)c1. The Bertz CT molecular complexity index is 772. The maximum absolute atomic E-state index is 5.98. The van der Waals surface area contributed by atoms with Crippen LogP contribution in [0.2, 0.25) is 0 Å². The smallest absolute Gasteiger partial charge is 0.138 e. The lowest BCUT2D eigenvalue weighted by molar-refractivity contribution is 0.184. The predicted octanol–water partition coefficient (Wildman–Crippen LogP) is 3.76. The van der Waals surface area contributed by atoms with Gasteiger partial charge < -0.3 is 15.2 Å². The van der Waals surface area contributed by atoms with Crippen molar-refractivity contribution < 1.29 is 9.47 Å². The average Bonchev–Trinajstić information content (AvgIpc) is 2.49. The molecule has 0 radical (unpaired) electrons. The Hall–Kier alpha value is -2.59. The number of rotatable bonds is 4. The van der Waals surface area contributed by atoms with Crippen molar-refractivity contribution in [3.63, 3.8) is 0 Å². The Morgan fingerprint density at radius 1 is 1.10 bits per heavy atom. The highest BCUT2D eigenvalue weighted by atomic mass is 16.5. The number of nitrogens with two attached hydrogens (primary N) is 1. The second-order valence-corrected chi connectivity index (χ2v) is 4.73. The number of hydrogen-bond donors (Lipinski definition) is 1. The van der Waals surface area contributed by atoms with Gasteiger partial charge in [-0.1, -0.05) is 18.2 Å². The third-order valence-corrected chi connectivity index (χ3v) is 3.20. The van der Waals surface area contributed by atoms with Gasteiger partial charge in [-0.25, -0.2) is 0 Å². The molecule has 0 saturated carbocycles. The summed E-state index contributed by atoms with van der Waals surface area (Å²) in [6, 6.07) is 15.3. The summed E-state index contributed by atoms with van der Waals surface area (Å²) >= 11 is 0. The molecule has 106 valence electrons. The quantitative estimate of drug-likeness (QED) is 0.739. The van der Waals surface area contributed by atoms with Crippen molar-refractivity contribution in [2.45, 2.75) is 6.61 Å². The van der Waals surface area contributed by atoms with Gasteiger partial charge in [-0.15, -0.1) is 0 Å². The number of fused-ring (bicyclic) bond motifs is 1. The van der Waals surface area contributed by atoms with E-state index in [1.54, 1.807) is 13.3 Å². The molecule has 0 fully saturated rings. The largest absolute Gasteiger partial charge is 0.457 e. The third-order valence-electron chi connectivity index (χ3n) is 3.20. The van der Waals surface area contributed by atoms with Gasteiger partial charge >= 0.3 is 0 Å². The molecular formula is C17H16N2O2. The number of pyridine rings is 1. The lowest BCUT2D eigenvalue weighted by Gasteiger charge is -2.10. The summed E-state index contributed by atoms with van der Waals surface area (Å²) in [6.45, 7) is 0.557. The van der Waals surface area contributed by atoms with E-state index in [-0.39, 0.29) is 0 Å². The normalized spacial score (nSPS) is 10.7.